The van der Waals surface area contributed by atoms with Crippen molar-refractivity contribution < 1.29 is 9.59 Å². The molecule has 0 fully saturated rings. The zero-order chi connectivity index (χ0) is 24.7. The lowest BCUT2D eigenvalue weighted by atomic mass is 9.71. The van der Waals surface area contributed by atoms with Crippen molar-refractivity contribution in [2.75, 3.05) is 4.90 Å². The summed E-state index contributed by atoms with van der Waals surface area (Å²) in [5, 5.41) is 0. The summed E-state index contributed by atoms with van der Waals surface area (Å²) >= 11 is 0. The Morgan fingerprint density at radius 2 is 1.33 bits per heavy atom. The van der Waals surface area contributed by atoms with E-state index in [-0.39, 0.29) is 11.8 Å². The van der Waals surface area contributed by atoms with Crippen LogP contribution in [0.1, 0.15) is 28.2 Å². The number of fused-ring (bicyclic) bond motifs is 1. The van der Waals surface area contributed by atoms with E-state index in [9.17, 15) is 9.59 Å². The van der Waals surface area contributed by atoms with Crippen molar-refractivity contribution in [2.45, 2.75) is 18.4 Å². The van der Waals surface area contributed by atoms with Crippen LogP contribution in [0.15, 0.2) is 132 Å². The van der Waals surface area contributed by atoms with Gasteiger partial charge in [-0.1, -0.05) is 103 Å². The number of hydrogen-bond donors (Lipinski definition) is 0. The average Bonchev–Trinajstić information content (AvgIpc) is 3.39. The van der Waals surface area contributed by atoms with E-state index in [0.717, 1.165) is 39.8 Å². The summed E-state index contributed by atoms with van der Waals surface area (Å²) in [6.07, 6.45) is 2.91. The van der Waals surface area contributed by atoms with Crippen LogP contribution in [-0.2, 0) is 15.1 Å². The van der Waals surface area contributed by atoms with Gasteiger partial charge in [0.15, 0.2) is 0 Å². The first kappa shape index (κ1) is 22.0. The molecular weight excluding hydrogens is 442 g/mol. The topological polar surface area (TPSA) is 37.4 Å². The molecule has 1 aliphatic carbocycles. The molecule has 0 saturated carbocycles. The largest absolute Gasteiger partial charge is 0.298 e. The van der Waals surface area contributed by atoms with Crippen LogP contribution >= 0.6 is 0 Å². The van der Waals surface area contributed by atoms with Crippen LogP contribution in [-0.4, -0.2) is 12.2 Å². The molecule has 4 aromatic rings. The molecule has 2 atom stereocenters. The van der Waals surface area contributed by atoms with Crippen molar-refractivity contribution in [2.24, 2.45) is 0 Å². The number of para-hydroxylation sites is 1. The number of aldehydes is 1. The predicted molar refractivity (Wildman–Crippen MR) is 143 cm³/mol. The number of rotatable bonds is 5. The molecule has 0 unspecified atom stereocenters. The highest BCUT2D eigenvalue weighted by Gasteiger charge is 2.61. The van der Waals surface area contributed by atoms with Crippen LogP contribution in [0.5, 0.6) is 0 Å². The Hall–Kier alpha value is -4.50. The number of aryl methyl sites for hydroxylation is 1. The molecule has 3 nitrogen and oxygen atoms in total. The fraction of sp³-hybridized carbons (Fsp3) is 0.0909. The maximum absolute atomic E-state index is 14.6. The molecule has 0 spiro atoms. The third kappa shape index (κ3) is 3.06. The number of benzene rings is 4. The smallest absolute Gasteiger partial charge is 0.260 e. The van der Waals surface area contributed by atoms with Gasteiger partial charge >= 0.3 is 0 Å². The summed E-state index contributed by atoms with van der Waals surface area (Å²) in [7, 11) is 0. The van der Waals surface area contributed by atoms with Gasteiger partial charge in [-0.05, 0) is 53.0 Å². The van der Waals surface area contributed by atoms with Crippen molar-refractivity contribution >= 4 is 23.5 Å². The predicted octanol–water partition coefficient (Wildman–Crippen LogP) is 6.61. The molecule has 174 valence electrons. The van der Waals surface area contributed by atoms with Gasteiger partial charge in [0.05, 0.1) is 5.57 Å². The van der Waals surface area contributed by atoms with Gasteiger partial charge in [-0.25, -0.2) is 0 Å². The summed E-state index contributed by atoms with van der Waals surface area (Å²) in [5.74, 6) is -0.421. The van der Waals surface area contributed by atoms with E-state index in [1.54, 1.807) is 0 Å². The van der Waals surface area contributed by atoms with Crippen molar-refractivity contribution in [1.82, 2.24) is 0 Å². The molecule has 4 aromatic carbocycles. The Bertz CT molecular complexity index is 1520. The van der Waals surface area contributed by atoms with Gasteiger partial charge in [0.2, 0.25) is 0 Å². The lowest BCUT2D eigenvalue weighted by Gasteiger charge is -2.43. The van der Waals surface area contributed by atoms with Gasteiger partial charge in [0.25, 0.3) is 5.91 Å². The molecule has 0 saturated heterocycles. The maximum atomic E-state index is 14.6. The Kier molecular flexibility index (Phi) is 5.26. The van der Waals surface area contributed by atoms with Crippen LogP contribution in [0.3, 0.4) is 0 Å². The van der Waals surface area contributed by atoms with E-state index in [0.29, 0.717) is 11.1 Å². The highest BCUT2D eigenvalue weighted by molar-refractivity contribution is 6.32. The first-order valence-electron chi connectivity index (χ1n) is 12.2. The minimum atomic E-state index is -0.908. The Balaban J connectivity index is 1.78. The molecular formula is C33H25NO2. The summed E-state index contributed by atoms with van der Waals surface area (Å²) in [6.45, 7) is 2.03. The standard InChI is InChI=1S/C33H25NO2/c1-23-13-11-12-20-28(23)30-29-21-25(22-35)31(24-14-5-2-6-15-24)33(29,26-16-7-3-8-17-26)34(32(30)36)27-18-9-4-10-19-27/h2-22,31H,1H3/t31-,33+/m1/s1. The number of nitrogens with zero attached hydrogens (tertiary/aromatic N) is 1. The highest BCUT2D eigenvalue weighted by atomic mass is 16.2. The van der Waals surface area contributed by atoms with Gasteiger partial charge in [-0.2, -0.15) is 0 Å². The molecule has 6 rings (SSSR count). The summed E-state index contributed by atoms with van der Waals surface area (Å²) < 4.78 is 0. The molecule has 2 aliphatic rings. The van der Waals surface area contributed by atoms with Crippen LogP contribution in [0.25, 0.3) is 5.57 Å². The quantitative estimate of drug-likeness (QED) is 0.310. The minimum Gasteiger partial charge on any atom is -0.298 e. The van der Waals surface area contributed by atoms with Crippen LogP contribution in [0.2, 0.25) is 0 Å². The van der Waals surface area contributed by atoms with Gasteiger partial charge in [0.1, 0.15) is 11.8 Å². The van der Waals surface area contributed by atoms with E-state index < -0.39 is 5.54 Å². The van der Waals surface area contributed by atoms with Crippen LogP contribution in [0, 0.1) is 6.92 Å². The number of carbonyl (C=O) groups excluding carboxylic acids is 2. The molecule has 0 radical (unpaired) electrons. The number of hydrogen-bond acceptors (Lipinski definition) is 2. The summed E-state index contributed by atoms with van der Waals surface area (Å²) in [5.41, 5.74) is 5.97. The van der Waals surface area contributed by atoms with E-state index in [2.05, 4.69) is 24.3 Å². The fourth-order valence-corrected chi connectivity index (χ4v) is 5.99. The van der Waals surface area contributed by atoms with Gasteiger partial charge < -0.3 is 0 Å². The van der Waals surface area contributed by atoms with E-state index in [1.165, 1.54) is 0 Å². The Morgan fingerprint density at radius 1 is 0.750 bits per heavy atom. The minimum absolute atomic E-state index is 0.0588. The summed E-state index contributed by atoms with van der Waals surface area (Å²) in [4.78, 5) is 29.1. The molecule has 0 bridgehead atoms. The van der Waals surface area contributed by atoms with Crippen molar-refractivity contribution in [3.8, 4) is 0 Å². The van der Waals surface area contributed by atoms with Crippen molar-refractivity contribution in [1.29, 1.82) is 0 Å². The average molecular weight is 468 g/mol. The number of amides is 1. The SMILES string of the molecule is Cc1ccccc1C1=C2C=C(C=O)[C@@H](c3ccccc3)[C@@]2(c2ccccc2)N(c2ccccc2)C1=O. The zero-order valence-corrected chi connectivity index (χ0v) is 20.0. The highest BCUT2D eigenvalue weighted by Crippen LogP contribution is 2.62. The second-order valence-electron chi connectivity index (χ2n) is 9.32. The zero-order valence-electron chi connectivity index (χ0n) is 20.0. The fourth-order valence-electron chi connectivity index (χ4n) is 5.99. The molecule has 1 aliphatic heterocycles. The number of anilines is 1. The number of carbonyl (C=O) groups is 2. The van der Waals surface area contributed by atoms with Crippen molar-refractivity contribution in [3.63, 3.8) is 0 Å². The Morgan fingerprint density at radius 3 is 1.97 bits per heavy atom. The van der Waals surface area contributed by atoms with E-state index in [1.807, 2.05) is 109 Å². The third-order valence-electron chi connectivity index (χ3n) is 7.42. The van der Waals surface area contributed by atoms with Gasteiger partial charge in [0, 0.05) is 17.2 Å². The van der Waals surface area contributed by atoms with Gasteiger partial charge in [-0.3, -0.25) is 14.5 Å². The molecule has 1 heterocycles. The second kappa shape index (κ2) is 8.62. The van der Waals surface area contributed by atoms with Crippen LogP contribution in [0.4, 0.5) is 5.69 Å². The van der Waals surface area contributed by atoms with E-state index in [4.69, 9.17) is 0 Å². The van der Waals surface area contributed by atoms with Crippen molar-refractivity contribution in [3.05, 3.63) is 155 Å². The molecule has 0 aromatic heterocycles. The van der Waals surface area contributed by atoms with Gasteiger partial charge in [-0.15, -0.1) is 0 Å². The second-order valence-corrected chi connectivity index (χ2v) is 9.32. The summed E-state index contributed by atoms with van der Waals surface area (Å²) in [6, 6.07) is 38.0. The molecule has 1 amide bonds. The molecule has 36 heavy (non-hydrogen) atoms. The monoisotopic (exact) mass is 467 g/mol. The lowest BCUT2D eigenvalue weighted by Crippen LogP contribution is -2.49. The molecule has 3 heteroatoms. The normalized spacial score (nSPS) is 20.9. The van der Waals surface area contributed by atoms with Crippen LogP contribution < -0.4 is 4.90 Å². The molecule has 0 N–H and O–H groups in total. The lowest BCUT2D eigenvalue weighted by molar-refractivity contribution is -0.114. The van der Waals surface area contributed by atoms with E-state index >= 15 is 0 Å². The Labute approximate surface area is 211 Å². The third-order valence-corrected chi connectivity index (χ3v) is 7.42. The first-order valence-corrected chi connectivity index (χ1v) is 12.2. The first-order chi connectivity index (χ1) is 17.7. The maximum Gasteiger partial charge on any atom is 0.260 e.